The van der Waals surface area contributed by atoms with Crippen LogP contribution in [0.25, 0.3) is 11.8 Å². The third kappa shape index (κ3) is 3.38. The van der Waals surface area contributed by atoms with Gasteiger partial charge in [-0.1, -0.05) is 42.5 Å². The van der Waals surface area contributed by atoms with Crippen molar-refractivity contribution in [3.05, 3.63) is 93.0 Å². The minimum Gasteiger partial charge on any atom is -0.303 e. The molecule has 0 radical (unpaired) electrons. The molecule has 0 unspecified atom stereocenters. The first-order valence-corrected chi connectivity index (χ1v) is 9.22. The van der Waals surface area contributed by atoms with Crippen LogP contribution in [0.1, 0.15) is 22.4 Å². The third-order valence-electron chi connectivity index (χ3n) is 4.97. The van der Waals surface area contributed by atoms with Gasteiger partial charge in [0.1, 0.15) is 5.70 Å². The Morgan fingerprint density at radius 3 is 2.34 bits per heavy atom. The van der Waals surface area contributed by atoms with Crippen molar-refractivity contribution in [1.29, 1.82) is 0 Å². The van der Waals surface area contributed by atoms with E-state index in [1.54, 1.807) is 19.1 Å². The molecule has 0 bridgehead atoms. The van der Waals surface area contributed by atoms with Crippen molar-refractivity contribution in [2.24, 2.45) is 0 Å². The fourth-order valence-electron chi connectivity index (χ4n) is 3.31. The quantitative estimate of drug-likeness (QED) is 0.532. The van der Waals surface area contributed by atoms with Crippen molar-refractivity contribution in [2.45, 2.75) is 20.4 Å². The van der Waals surface area contributed by atoms with Crippen LogP contribution in [0.15, 0.2) is 65.1 Å². The highest BCUT2D eigenvalue weighted by molar-refractivity contribution is 6.13. The number of para-hydroxylation sites is 1. The van der Waals surface area contributed by atoms with Gasteiger partial charge in [-0.15, -0.1) is 0 Å². The summed E-state index contributed by atoms with van der Waals surface area (Å²) < 4.78 is 1.41. The Kier molecular flexibility index (Phi) is 4.64. The Bertz CT molecular complexity index is 1190. The average Bonchev–Trinajstić information content (AvgIpc) is 3.15. The Hall–Kier alpha value is -3.87. The van der Waals surface area contributed by atoms with Gasteiger partial charge >= 0.3 is 6.03 Å². The number of H-pyrrole nitrogens is 1. The normalized spacial score (nSPS) is 15.2. The highest BCUT2D eigenvalue weighted by Gasteiger charge is 2.34. The number of rotatable bonds is 4. The molecule has 7 heteroatoms. The maximum absolute atomic E-state index is 12.8. The zero-order valence-corrected chi connectivity index (χ0v) is 16.1. The third-order valence-corrected chi connectivity index (χ3v) is 4.97. The standard InChI is InChI=1S/C22H20N4O3/c1-14-8-6-7-9-16(14)13-25-21(28)19(23-22(25)29)12-18-15(2)24-26(20(18)27)17-10-4-3-5-11-17/h3-12,24H,13H2,1-2H3,(H,23,29)/b19-12-. The van der Waals surface area contributed by atoms with Gasteiger partial charge in [-0.05, 0) is 43.2 Å². The lowest BCUT2D eigenvalue weighted by Gasteiger charge is -2.13. The first kappa shape index (κ1) is 18.5. The number of hydrogen-bond acceptors (Lipinski definition) is 3. The molecule has 2 aromatic carbocycles. The van der Waals surface area contributed by atoms with Crippen molar-refractivity contribution in [2.75, 3.05) is 0 Å². The topological polar surface area (TPSA) is 87.2 Å². The summed E-state index contributed by atoms with van der Waals surface area (Å²) in [5.74, 6) is -0.454. The van der Waals surface area contributed by atoms with E-state index < -0.39 is 11.9 Å². The average molecular weight is 388 g/mol. The molecule has 0 aliphatic carbocycles. The number of hydrogen-bond donors (Lipinski definition) is 2. The van der Waals surface area contributed by atoms with Crippen molar-refractivity contribution >= 4 is 18.0 Å². The lowest BCUT2D eigenvalue weighted by Crippen LogP contribution is -2.30. The van der Waals surface area contributed by atoms with E-state index in [-0.39, 0.29) is 17.8 Å². The van der Waals surface area contributed by atoms with Gasteiger partial charge in [0.25, 0.3) is 11.5 Å². The number of nitrogens with zero attached hydrogens (tertiary/aromatic N) is 2. The molecule has 2 N–H and O–H groups in total. The van der Waals surface area contributed by atoms with E-state index in [9.17, 15) is 14.4 Å². The second-order valence-corrected chi connectivity index (χ2v) is 6.93. The predicted octanol–water partition coefficient (Wildman–Crippen LogP) is 2.88. The number of carbonyl (C=O) groups is 2. The second kappa shape index (κ2) is 7.27. The molecule has 29 heavy (non-hydrogen) atoms. The summed E-state index contributed by atoms with van der Waals surface area (Å²) in [5, 5.41) is 5.59. The first-order chi connectivity index (χ1) is 14.0. The molecule has 146 valence electrons. The molecule has 7 nitrogen and oxygen atoms in total. The summed E-state index contributed by atoms with van der Waals surface area (Å²) in [7, 11) is 0. The monoisotopic (exact) mass is 388 g/mol. The molecule has 1 saturated heterocycles. The Morgan fingerprint density at radius 1 is 0.931 bits per heavy atom. The van der Waals surface area contributed by atoms with Crippen molar-refractivity contribution < 1.29 is 9.59 Å². The number of benzene rings is 2. The molecule has 2 heterocycles. The summed E-state index contributed by atoms with van der Waals surface area (Å²) in [6.45, 7) is 3.86. The summed E-state index contributed by atoms with van der Waals surface area (Å²) in [6.07, 6.45) is 1.44. The fourth-order valence-corrected chi connectivity index (χ4v) is 3.31. The van der Waals surface area contributed by atoms with Crippen LogP contribution in [0.3, 0.4) is 0 Å². The van der Waals surface area contributed by atoms with Gasteiger partial charge in [0, 0.05) is 5.69 Å². The number of aryl methyl sites for hydroxylation is 2. The minimum atomic E-state index is -0.499. The van der Waals surface area contributed by atoms with E-state index in [4.69, 9.17) is 0 Å². The number of amides is 3. The van der Waals surface area contributed by atoms with Crippen molar-refractivity contribution in [3.8, 4) is 5.69 Å². The molecule has 1 aliphatic heterocycles. The van der Waals surface area contributed by atoms with Gasteiger partial charge in [0.2, 0.25) is 0 Å². The number of aromatic amines is 1. The number of imide groups is 1. The zero-order chi connectivity index (χ0) is 20.5. The number of nitrogens with one attached hydrogen (secondary N) is 2. The van der Waals surface area contributed by atoms with Crippen LogP contribution < -0.4 is 10.9 Å². The second-order valence-electron chi connectivity index (χ2n) is 6.93. The van der Waals surface area contributed by atoms with Crippen LogP contribution in [0.5, 0.6) is 0 Å². The van der Waals surface area contributed by atoms with Crippen LogP contribution in [0, 0.1) is 13.8 Å². The van der Waals surface area contributed by atoms with Gasteiger partial charge in [0.05, 0.1) is 17.8 Å². The van der Waals surface area contributed by atoms with Gasteiger partial charge in [-0.3, -0.25) is 19.6 Å². The molecule has 4 rings (SSSR count). The van der Waals surface area contributed by atoms with Crippen molar-refractivity contribution in [3.63, 3.8) is 0 Å². The minimum absolute atomic E-state index is 0.0861. The number of aromatic nitrogens is 2. The zero-order valence-electron chi connectivity index (χ0n) is 16.1. The molecule has 3 aromatic rings. The predicted molar refractivity (Wildman–Crippen MR) is 109 cm³/mol. The van der Waals surface area contributed by atoms with E-state index >= 15 is 0 Å². The molecular formula is C22H20N4O3. The van der Waals surface area contributed by atoms with E-state index in [1.807, 2.05) is 49.4 Å². The van der Waals surface area contributed by atoms with E-state index in [0.29, 0.717) is 16.9 Å². The Balaban J connectivity index is 1.65. The largest absolute Gasteiger partial charge is 0.329 e. The maximum atomic E-state index is 12.8. The van der Waals surface area contributed by atoms with Crippen LogP contribution >= 0.6 is 0 Å². The smallest absolute Gasteiger partial charge is 0.303 e. The summed E-state index contributed by atoms with van der Waals surface area (Å²) in [4.78, 5) is 39.1. The highest BCUT2D eigenvalue weighted by atomic mass is 16.2. The summed E-state index contributed by atoms with van der Waals surface area (Å²) >= 11 is 0. The Morgan fingerprint density at radius 2 is 1.62 bits per heavy atom. The molecule has 1 fully saturated rings. The Labute approximate surface area is 167 Å². The molecule has 0 spiro atoms. The van der Waals surface area contributed by atoms with E-state index in [2.05, 4.69) is 10.4 Å². The first-order valence-electron chi connectivity index (χ1n) is 9.22. The van der Waals surface area contributed by atoms with Gasteiger partial charge < -0.3 is 5.32 Å². The molecule has 3 amide bonds. The molecule has 1 aliphatic rings. The molecule has 0 saturated carbocycles. The van der Waals surface area contributed by atoms with Gasteiger partial charge in [0.15, 0.2) is 0 Å². The van der Waals surface area contributed by atoms with E-state index in [1.165, 1.54) is 10.8 Å². The fraction of sp³-hybridized carbons (Fsp3) is 0.136. The van der Waals surface area contributed by atoms with Crippen LogP contribution in [-0.2, 0) is 11.3 Å². The number of carbonyl (C=O) groups excluding carboxylic acids is 2. The SMILES string of the molecule is Cc1ccccc1CN1C(=O)N/C(=C\c2c(C)[nH]n(-c3ccccc3)c2=O)C1=O. The van der Waals surface area contributed by atoms with Gasteiger partial charge in [-0.2, -0.15) is 0 Å². The molecule has 1 aromatic heterocycles. The van der Waals surface area contributed by atoms with Gasteiger partial charge in [-0.25, -0.2) is 9.48 Å². The van der Waals surface area contributed by atoms with E-state index in [0.717, 1.165) is 16.0 Å². The summed E-state index contributed by atoms with van der Waals surface area (Å²) in [6, 6.07) is 16.2. The molecule has 0 atom stereocenters. The van der Waals surface area contributed by atoms with Crippen molar-refractivity contribution in [1.82, 2.24) is 20.0 Å². The maximum Gasteiger partial charge on any atom is 0.329 e. The van der Waals surface area contributed by atoms with Crippen LogP contribution in [0.2, 0.25) is 0 Å². The lowest BCUT2D eigenvalue weighted by molar-refractivity contribution is -0.123. The lowest BCUT2D eigenvalue weighted by atomic mass is 10.1. The molecular weight excluding hydrogens is 368 g/mol. The van der Waals surface area contributed by atoms with Crippen LogP contribution in [0.4, 0.5) is 4.79 Å². The number of urea groups is 1. The summed E-state index contributed by atoms with van der Waals surface area (Å²) in [5.41, 5.74) is 3.30. The highest BCUT2D eigenvalue weighted by Crippen LogP contribution is 2.19. The van der Waals surface area contributed by atoms with Crippen LogP contribution in [-0.4, -0.2) is 26.6 Å².